The zero-order valence-corrected chi connectivity index (χ0v) is 20.1. The van der Waals surface area contributed by atoms with Gasteiger partial charge < -0.3 is 25.8 Å². The topological polar surface area (TPSA) is 103 Å². The predicted molar refractivity (Wildman–Crippen MR) is 136 cm³/mol. The second-order valence-corrected chi connectivity index (χ2v) is 10.4. The Bertz CT molecular complexity index is 1110. The Labute approximate surface area is 206 Å². The number of hydrogen-bond acceptors (Lipinski definition) is 5. The van der Waals surface area contributed by atoms with Gasteiger partial charge in [-0.25, -0.2) is 0 Å². The maximum absolute atomic E-state index is 12.8. The number of carbonyl (C=O) groups excluding carboxylic acids is 2. The molecule has 2 aromatic carbocycles. The first-order valence-electron chi connectivity index (χ1n) is 12.4. The van der Waals surface area contributed by atoms with Gasteiger partial charge in [0.05, 0.1) is 18.5 Å². The molecule has 4 bridgehead atoms. The predicted octanol–water partition coefficient (Wildman–Crippen LogP) is 4.59. The number of anilines is 2. The van der Waals surface area contributed by atoms with Crippen molar-refractivity contribution < 1.29 is 19.1 Å². The molecule has 0 radical (unpaired) electrons. The molecule has 0 unspecified atom stereocenters. The van der Waals surface area contributed by atoms with E-state index in [-0.39, 0.29) is 18.1 Å². The highest BCUT2D eigenvalue weighted by Crippen LogP contribution is 2.56. The van der Waals surface area contributed by atoms with Gasteiger partial charge >= 0.3 is 0 Å². The van der Waals surface area contributed by atoms with Crippen LogP contribution in [0.1, 0.15) is 44.1 Å². The molecule has 2 amide bonds. The van der Waals surface area contributed by atoms with Gasteiger partial charge in [0.2, 0.25) is 5.91 Å². The molecule has 4 aliphatic carbocycles. The van der Waals surface area contributed by atoms with Gasteiger partial charge in [-0.05, 0) is 92.2 Å². The lowest BCUT2D eigenvalue weighted by atomic mass is 9.53. The van der Waals surface area contributed by atoms with Crippen molar-refractivity contribution in [1.82, 2.24) is 0 Å². The van der Waals surface area contributed by atoms with Crippen LogP contribution in [0.2, 0.25) is 0 Å². The van der Waals surface area contributed by atoms with E-state index in [0.29, 0.717) is 11.5 Å². The summed E-state index contributed by atoms with van der Waals surface area (Å²) in [5.41, 5.74) is 7.86. The molecule has 184 valence electrons. The van der Waals surface area contributed by atoms with E-state index < -0.39 is 5.91 Å². The number of benzene rings is 2. The molecule has 0 aromatic heterocycles. The maximum atomic E-state index is 12.8. The zero-order chi connectivity index (χ0) is 24.4. The van der Waals surface area contributed by atoms with Gasteiger partial charge in [0.1, 0.15) is 0 Å². The van der Waals surface area contributed by atoms with Gasteiger partial charge in [-0.15, -0.1) is 0 Å². The second-order valence-electron chi connectivity index (χ2n) is 10.4. The minimum atomic E-state index is -0.564. The molecule has 6 rings (SSSR count). The highest BCUT2D eigenvalue weighted by atomic mass is 16.5. The lowest BCUT2D eigenvalue weighted by molar-refractivity contribution is -0.120. The number of primary amides is 1. The first-order valence-corrected chi connectivity index (χ1v) is 12.4. The molecule has 7 heteroatoms. The van der Waals surface area contributed by atoms with Gasteiger partial charge in [-0.3, -0.25) is 9.59 Å². The van der Waals surface area contributed by atoms with Crippen LogP contribution in [0.5, 0.6) is 11.5 Å². The highest BCUT2D eigenvalue weighted by molar-refractivity contribution is 6.03. The minimum Gasteiger partial charge on any atom is -0.493 e. The van der Waals surface area contributed by atoms with Crippen molar-refractivity contribution >= 4 is 29.3 Å². The number of amides is 2. The van der Waals surface area contributed by atoms with Gasteiger partial charge in [0, 0.05) is 11.6 Å². The maximum Gasteiger partial charge on any atom is 0.255 e. The van der Waals surface area contributed by atoms with E-state index in [1.807, 2.05) is 18.2 Å². The van der Waals surface area contributed by atoms with Gasteiger partial charge in [0.25, 0.3) is 5.91 Å². The van der Waals surface area contributed by atoms with Crippen LogP contribution in [0.15, 0.2) is 48.5 Å². The highest BCUT2D eigenvalue weighted by Gasteiger charge is 2.51. The van der Waals surface area contributed by atoms with Gasteiger partial charge in [0.15, 0.2) is 18.1 Å². The van der Waals surface area contributed by atoms with Crippen molar-refractivity contribution in [3.05, 3.63) is 54.1 Å². The quantitative estimate of drug-likeness (QED) is 0.460. The molecule has 0 spiro atoms. The molecule has 4 fully saturated rings. The lowest BCUT2D eigenvalue weighted by Gasteiger charge is -2.57. The van der Waals surface area contributed by atoms with Crippen molar-refractivity contribution in [3.8, 4) is 11.5 Å². The average molecular weight is 476 g/mol. The number of carbonyl (C=O) groups is 2. The van der Waals surface area contributed by atoms with Crippen LogP contribution in [0.4, 0.5) is 11.4 Å². The van der Waals surface area contributed by atoms with E-state index in [1.54, 1.807) is 24.3 Å². The summed E-state index contributed by atoms with van der Waals surface area (Å²) >= 11 is 0. The smallest absolute Gasteiger partial charge is 0.255 e. The molecule has 0 aliphatic heterocycles. The number of ether oxygens (including phenoxy) is 2. The van der Waals surface area contributed by atoms with E-state index in [9.17, 15) is 9.59 Å². The van der Waals surface area contributed by atoms with Crippen molar-refractivity contribution in [2.75, 3.05) is 24.4 Å². The average Bonchev–Trinajstić information content (AvgIpc) is 2.81. The van der Waals surface area contributed by atoms with Crippen LogP contribution in [-0.2, 0) is 9.59 Å². The number of methoxy groups -OCH3 is 1. The van der Waals surface area contributed by atoms with Gasteiger partial charge in [-0.2, -0.15) is 0 Å². The number of rotatable bonds is 9. The third kappa shape index (κ3) is 5.29. The Hall–Kier alpha value is -3.48. The van der Waals surface area contributed by atoms with Crippen LogP contribution >= 0.6 is 0 Å². The number of hydrogen-bond donors (Lipinski definition) is 3. The van der Waals surface area contributed by atoms with E-state index >= 15 is 0 Å². The molecular formula is C28H33N3O4. The first-order chi connectivity index (χ1) is 16.9. The van der Waals surface area contributed by atoms with Crippen LogP contribution < -0.4 is 25.8 Å². The Morgan fingerprint density at radius 2 is 1.66 bits per heavy atom. The molecule has 2 aromatic rings. The van der Waals surface area contributed by atoms with Gasteiger partial charge in [-0.1, -0.05) is 18.2 Å². The van der Waals surface area contributed by atoms with Crippen LogP contribution in [-0.4, -0.2) is 31.1 Å². The summed E-state index contributed by atoms with van der Waals surface area (Å²) in [6, 6.07) is 13.2. The summed E-state index contributed by atoms with van der Waals surface area (Å²) in [4.78, 5) is 23.7. The summed E-state index contributed by atoms with van der Waals surface area (Å²) in [6.07, 6.45) is 11.1. The normalized spacial score (nSPS) is 26.5. The molecule has 0 heterocycles. The van der Waals surface area contributed by atoms with E-state index in [2.05, 4.69) is 16.7 Å². The van der Waals surface area contributed by atoms with Crippen LogP contribution in [0, 0.1) is 17.8 Å². The third-order valence-electron chi connectivity index (χ3n) is 7.61. The van der Waals surface area contributed by atoms with Crippen LogP contribution in [0.3, 0.4) is 0 Å². The third-order valence-corrected chi connectivity index (χ3v) is 7.61. The number of nitrogens with one attached hydrogen (secondary N) is 2. The van der Waals surface area contributed by atoms with Crippen molar-refractivity contribution in [2.45, 2.75) is 44.1 Å². The number of para-hydroxylation sites is 2. The van der Waals surface area contributed by atoms with Crippen LogP contribution in [0.25, 0.3) is 6.08 Å². The second kappa shape index (κ2) is 9.64. The standard InChI is InChI=1S/C28H33N3O4/c1-34-25-13-18(6-8-24(25)35-17-26(29)32)7-9-27(33)30-22-4-2-3-5-23(22)31-28-14-19-10-20(15-28)12-21(11-19)16-28/h2-9,13,19-21,31H,10-12,14-17H2,1H3,(H2,29,32)(H,30,33)/b9-7+. The fourth-order valence-corrected chi connectivity index (χ4v) is 6.65. The summed E-state index contributed by atoms with van der Waals surface area (Å²) in [6.45, 7) is -0.231. The molecule has 35 heavy (non-hydrogen) atoms. The SMILES string of the molecule is COc1cc(/C=C/C(=O)Nc2ccccc2NC23CC4CC(CC(C4)C2)C3)ccc1OCC(N)=O. The van der Waals surface area contributed by atoms with Crippen molar-refractivity contribution in [3.63, 3.8) is 0 Å². The molecular weight excluding hydrogens is 442 g/mol. The first kappa shape index (κ1) is 23.3. The Balaban J connectivity index is 1.25. The number of nitrogens with two attached hydrogens (primary N) is 1. The zero-order valence-electron chi connectivity index (χ0n) is 20.1. The molecule has 0 atom stereocenters. The molecule has 4 saturated carbocycles. The largest absolute Gasteiger partial charge is 0.493 e. The fourth-order valence-electron chi connectivity index (χ4n) is 6.65. The summed E-state index contributed by atoms with van der Waals surface area (Å²) in [5, 5.41) is 6.91. The molecule has 0 saturated heterocycles. The minimum absolute atomic E-state index is 0.167. The summed E-state index contributed by atoms with van der Waals surface area (Å²) in [7, 11) is 1.51. The van der Waals surface area contributed by atoms with Crippen molar-refractivity contribution in [1.29, 1.82) is 0 Å². The molecule has 7 nitrogen and oxygen atoms in total. The lowest BCUT2D eigenvalue weighted by Crippen LogP contribution is -2.54. The monoisotopic (exact) mass is 475 g/mol. The Morgan fingerprint density at radius 3 is 2.29 bits per heavy atom. The van der Waals surface area contributed by atoms with E-state index in [4.69, 9.17) is 15.2 Å². The summed E-state index contributed by atoms with van der Waals surface area (Å²) < 4.78 is 10.7. The summed E-state index contributed by atoms with van der Waals surface area (Å²) in [5.74, 6) is 2.65. The van der Waals surface area contributed by atoms with E-state index in [0.717, 1.165) is 34.7 Å². The van der Waals surface area contributed by atoms with Crippen molar-refractivity contribution in [2.24, 2.45) is 23.5 Å². The fraction of sp³-hybridized carbons (Fsp3) is 0.429. The van der Waals surface area contributed by atoms with E-state index in [1.165, 1.54) is 51.7 Å². The Kier molecular flexibility index (Phi) is 6.41. The molecule has 4 N–H and O–H groups in total. The molecule has 4 aliphatic rings. The Morgan fingerprint density at radius 1 is 1.00 bits per heavy atom.